The lowest BCUT2D eigenvalue weighted by atomic mass is 9.84. The standard InChI is InChI=1S/C22H31NO3/c1-3-4-13-26-14-12-23-16-20(17-8-6-5-7-9-17)19-11-10-18(15-21(19)23)22(24)25-2/h10-11,15-17H,3-9,12-14H2,1-2H3. The summed E-state index contributed by atoms with van der Waals surface area (Å²) in [4.78, 5) is 12.0. The van der Waals surface area contributed by atoms with Crippen LogP contribution in [-0.2, 0) is 16.0 Å². The first kappa shape index (κ1) is 19.0. The number of benzene rings is 1. The molecule has 0 spiro atoms. The maximum Gasteiger partial charge on any atom is 0.337 e. The third-order valence-electron chi connectivity index (χ3n) is 5.50. The molecule has 142 valence electrons. The fourth-order valence-corrected chi connectivity index (χ4v) is 4.00. The summed E-state index contributed by atoms with van der Waals surface area (Å²) in [6.07, 6.45) is 11.1. The molecule has 1 aromatic carbocycles. The molecule has 0 N–H and O–H groups in total. The minimum absolute atomic E-state index is 0.280. The molecule has 0 unspecified atom stereocenters. The van der Waals surface area contributed by atoms with Crippen molar-refractivity contribution in [1.29, 1.82) is 0 Å². The number of nitrogens with zero attached hydrogens (tertiary/aromatic N) is 1. The zero-order valence-electron chi connectivity index (χ0n) is 16.1. The highest BCUT2D eigenvalue weighted by Gasteiger charge is 2.21. The van der Waals surface area contributed by atoms with Crippen molar-refractivity contribution in [2.45, 2.75) is 64.3 Å². The molecule has 0 bridgehead atoms. The van der Waals surface area contributed by atoms with Crippen molar-refractivity contribution in [1.82, 2.24) is 4.57 Å². The third kappa shape index (κ3) is 4.29. The van der Waals surface area contributed by atoms with E-state index in [0.29, 0.717) is 18.1 Å². The van der Waals surface area contributed by atoms with Crippen LogP contribution in [0.5, 0.6) is 0 Å². The molecule has 0 atom stereocenters. The van der Waals surface area contributed by atoms with E-state index in [9.17, 15) is 4.79 Å². The number of fused-ring (bicyclic) bond motifs is 1. The monoisotopic (exact) mass is 357 g/mol. The van der Waals surface area contributed by atoms with Crippen LogP contribution in [0.25, 0.3) is 10.9 Å². The predicted octanol–water partition coefficient (Wildman–Crippen LogP) is 5.29. The molecule has 4 heteroatoms. The largest absolute Gasteiger partial charge is 0.465 e. The van der Waals surface area contributed by atoms with Gasteiger partial charge in [-0.2, -0.15) is 0 Å². The summed E-state index contributed by atoms with van der Waals surface area (Å²) in [5.74, 6) is 0.357. The van der Waals surface area contributed by atoms with Gasteiger partial charge in [0.05, 0.1) is 19.3 Å². The summed E-state index contributed by atoms with van der Waals surface area (Å²) in [6, 6.07) is 5.96. The first-order valence-electron chi connectivity index (χ1n) is 10.0. The summed E-state index contributed by atoms with van der Waals surface area (Å²) >= 11 is 0. The Kier molecular flexibility index (Phi) is 6.73. The van der Waals surface area contributed by atoms with E-state index in [1.54, 1.807) is 0 Å². The first-order chi connectivity index (χ1) is 12.7. The Labute approximate surface area is 156 Å². The van der Waals surface area contributed by atoms with E-state index in [2.05, 4.69) is 23.8 Å². The van der Waals surface area contributed by atoms with Crippen LogP contribution in [0.4, 0.5) is 0 Å². The van der Waals surface area contributed by atoms with Gasteiger partial charge in [-0.1, -0.05) is 38.7 Å². The van der Waals surface area contributed by atoms with Crippen LogP contribution < -0.4 is 0 Å². The topological polar surface area (TPSA) is 40.5 Å². The average Bonchev–Trinajstić information content (AvgIpc) is 3.06. The lowest BCUT2D eigenvalue weighted by molar-refractivity contribution is 0.0601. The smallest absolute Gasteiger partial charge is 0.337 e. The number of esters is 1. The van der Waals surface area contributed by atoms with E-state index in [1.807, 2.05) is 12.1 Å². The summed E-state index contributed by atoms with van der Waals surface area (Å²) < 4.78 is 12.9. The molecule has 26 heavy (non-hydrogen) atoms. The molecule has 0 radical (unpaired) electrons. The second-order valence-corrected chi connectivity index (χ2v) is 7.30. The van der Waals surface area contributed by atoms with Gasteiger partial charge in [0, 0.05) is 30.3 Å². The zero-order chi connectivity index (χ0) is 18.4. The van der Waals surface area contributed by atoms with Gasteiger partial charge in [-0.15, -0.1) is 0 Å². The van der Waals surface area contributed by atoms with E-state index in [4.69, 9.17) is 9.47 Å². The predicted molar refractivity (Wildman–Crippen MR) is 105 cm³/mol. The number of carbonyl (C=O) groups excluding carboxylic acids is 1. The van der Waals surface area contributed by atoms with Gasteiger partial charge in [0.25, 0.3) is 0 Å². The highest BCUT2D eigenvalue weighted by atomic mass is 16.5. The van der Waals surface area contributed by atoms with Crippen molar-refractivity contribution in [2.24, 2.45) is 0 Å². The molecular weight excluding hydrogens is 326 g/mol. The number of hydrogen-bond donors (Lipinski definition) is 0. The highest BCUT2D eigenvalue weighted by Crippen LogP contribution is 2.37. The van der Waals surface area contributed by atoms with Crippen molar-refractivity contribution in [2.75, 3.05) is 20.3 Å². The Hall–Kier alpha value is -1.81. The molecule has 1 heterocycles. The van der Waals surface area contributed by atoms with Gasteiger partial charge in [-0.05, 0) is 42.9 Å². The van der Waals surface area contributed by atoms with Crippen LogP contribution in [0, 0.1) is 0 Å². The molecule has 1 aliphatic rings. The maximum absolute atomic E-state index is 12.0. The van der Waals surface area contributed by atoms with Crippen molar-refractivity contribution >= 4 is 16.9 Å². The summed E-state index contributed by atoms with van der Waals surface area (Å²) in [7, 11) is 1.43. The number of aromatic nitrogens is 1. The molecular formula is C22H31NO3. The SMILES string of the molecule is CCCCOCCn1cc(C2CCCCC2)c2ccc(C(=O)OC)cc21. The molecule has 3 rings (SSSR count). The average molecular weight is 357 g/mol. The van der Waals surface area contributed by atoms with Crippen molar-refractivity contribution in [3.8, 4) is 0 Å². The molecule has 1 saturated carbocycles. The van der Waals surface area contributed by atoms with Gasteiger partial charge in [-0.25, -0.2) is 4.79 Å². The Balaban J connectivity index is 1.88. The Morgan fingerprint density at radius 3 is 2.73 bits per heavy atom. The van der Waals surface area contributed by atoms with Crippen molar-refractivity contribution in [3.63, 3.8) is 0 Å². The van der Waals surface area contributed by atoms with Crippen molar-refractivity contribution < 1.29 is 14.3 Å². The molecule has 1 aromatic heterocycles. The van der Waals surface area contributed by atoms with E-state index >= 15 is 0 Å². The maximum atomic E-state index is 12.0. The van der Waals surface area contributed by atoms with Crippen LogP contribution in [0.2, 0.25) is 0 Å². The Morgan fingerprint density at radius 1 is 1.19 bits per heavy atom. The normalized spacial score (nSPS) is 15.5. The molecule has 0 amide bonds. The van der Waals surface area contributed by atoms with Crippen LogP contribution >= 0.6 is 0 Å². The summed E-state index contributed by atoms with van der Waals surface area (Å²) in [5.41, 5.74) is 3.17. The van der Waals surface area contributed by atoms with Crippen LogP contribution in [0.3, 0.4) is 0 Å². The first-order valence-corrected chi connectivity index (χ1v) is 10.0. The highest BCUT2D eigenvalue weighted by molar-refractivity contribution is 5.95. The second-order valence-electron chi connectivity index (χ2n) is 7.30. The van der Waals surface area contributed by atoms with E-state index in [0.717, 1.165) is 31.5 Å². The molecule has 1 aliphatic carbocycles. The fraction of sp³-hybridized carbons (Fsp3) is 0.591. The van der Waals surface area contributed by atoms with Crippen molar-refractivity contribution in [3.05, 3.63) is 35.5 Å². The molecule has 1 fully saturated rings. The summed E-state index contributed by atoms with van der Waals surface area (Å²) in [6.45, 7) is 4.51. The van der Waals surface area contributed by atoms with Gasteiger partial charge in [-0.3, -0.25) is 0 Å². The van der Waals surface area contributed by atoms with Gasteiger partial charge in [0.2, 0.25) is 0 Å². The number of carbonyl (C=O) groups is 1. The molecule has 4 nitrogen and oxygen atoms in total. The van der Waals surface area contributed by atoms with Crippen LogP contribution in [0.1, 0.15) is 73.7 Å². The Bertz CT molecular complexity index is 728. The quantitative estimate of drug-likeness (QED) is 0.476. The minimum atomic E-state index is -0.280. The number of rotatable bonds is 8. The zero-order valence-corrected chi connectivity index (χ0v) is 16.1. The fourth-order valence-electron chi connectivity index (χ4n) is 4.00. The van der Waals surface area contributed by atoms with E-state index in [1.165, 1.54) is 50.2 Å². The number of unbranched alkanes of at least 4 members (excludes halogenated alkanes) is 1. The second kappa shape index (κ2) is 9.22. The van der Waals surface area contributed by atoms with E-state index in [-0.39, 0.29) is 5.97 Å². The summed E-state index contributed by atoms with van der Waals surface area (Å²) in [5, 5.41) is 1.28. The van der Waals surface area contributed by atoms with Gasteiger partial charge in [0.15, 0.2) is 0 Å². The third-order valence-corrected chi connectivity index (χ3v) is 5.50. The number of hydrogen-bond acceptors (Lipinski definition) is 3. The van der Waals surface area contributed by atoms with Gasteiger partial charge >= 0.3 is 5.97 Å². The number of ether oxygens (including phenoxy) is 2. The van der Waals surface area contributed by atoms with Gasteiger partial charge < -0.3 is 14.0 Å². The Morgan fingerprint density at radius 2 is 2.00 bits per heavy atom. The number of methoxy groups -OCH3 is 1. The van der Waals surface area contributed by atoms with Gasteiger partial charge in [0.1, 0.15) is 0 Å². The minimum Gasteiger partial charge on any atom is -0.465 e. The lowest BCUT2D eigenvalue weighted by Crippen LogP contribution is -2.07. The molecule has 0 saturated heterocycles. The molecule has 0 aliphatic heterocycles. The lowest BCUT2D eigenvalue weighted by Gasteiger charge is -2.21. The van der Waals surface area contributed by atoms with Crippen LogP contribution in [-0.4, -0.2) is 30.9 Å². The molecule has 2 aromatic rings. The van der Waals surface area contributed by atoms with Crippen LogP contribution in [0.15, 0.2) is 24.4 Å². The van der Waals surface area contributed by atoms with E-state index < -0.39 is 0 Å².